The number of amides is 2. The average Bonchev–Trinajstić information content (AvgIpc) is 3.57. The number of rotatable bonds is 6. The molecule has 0 aliphatic carbocycles. The van der Waals surface area contributed by atoms with Gasteiger partial charge in [-0.3, -0.25) is 19.2 Å². The van der Waals surface area contributed by atoms with Crippen molar-refractivity contribution in [3.05, 3.63) is 141 Å². The van der Waals surface area contributed by atoms with Crippen molar-refractivity contribution in [1.29, 1.82) is 0 Å². The molecule has 2 amide bonds. The van der Waals surface area contributed by atoms with E-state index < -0.39 is 69.5 Å². The first-order valence-electron chi connectivity index (χ1n) is 13.8. The lowest BCUT2D eigenvalue weighted by atomic mass is 9.97. The summed E-state index contributed by atoms with van der Waals surface area (Å²) in [7, 11) is 0. The van der Waals surface area contributed by atoms with Gasteiger partial charge in [-0.25, -0.2) is 0 Å². The van der Waals surface area contributed by atoms with E-state index in [1.165, 1.54) is 48.5 Å². The van der Waals surface area contributed by atoms with Crippen molar-refractivity contribution in [2.45, 2.75) is 12.4 Å². The first-order valence-corrected chi connectivity index (χ1v) is 13.8. The second-order valence-corrected chi connectivity index (χ2v) is 10.7. The van der Waals surface area contributed by atoms with Crippen molar-refractivity contribution < 1.29 is 55.7 Å². The lowest BCUT2D eigenvalue weighted by Gasteiger charge is -2.11. The van der Waals surface area contributed by atoms with Gasteiger partial charge in [0.1, 0.15) is 11.5 Å². The largest absolute Gasteiger partial charge is 0.507 e. The van der Waals surface area contributed by atoms with E-state index in [1.54, 1.807) is 0 Å². The second kappa shape index (κ2) is 11.3. The van der Waals surface area contributed by atoms with Crippen LogP contribution in [0.25, 0.3) is 11.4 Å². The molecule has 4 aromatic carbocycles. The molecular weight excluding hydrogens is 646 g/mol. The van der Waals surface area contributed by atoms with Crippen LogP contribution in [0.2, 0.25) is 0 Å². The number of fused-ring (bicyclic) bond motifs is 1. The summed E-state index contributed by atoms with van der Waals surface area (Å²) in [5.41, 5.74) is -2.93. The maximum absolute atomic E-state index is 13.1. The summed E-state index contributed by atoms with van der Waals surface area (Å²) in [5.74, 6) is -4.44. The molecule has 0 radical (unpaired) electrons. The molecule has 4 aromatic rings. The van der Waals surface area contributed by atoms with Crippen LogP contribution in [0.1, 0.15) is 54.1 Å². The van der Waals surface area contributed by atoms with Crippen LogP contribution < -0.4 is 10.6 Å². The van der Waals surface area contributed by atoms with E-state index in [2.05, 4.69) is 10.6 Å². The molecule has 0 unspecified atom stereocenters. The van der Waals surface area contributed by atoms with E-state index in [0.29, 0.717) is 24.3 Å². The Morgan fingerprint density at radius 1 is 0.521 bits per heavy atom. The maximum Gasteiger partial charge on any atom is 0.416 e. The summed E-state index contributed by atoms with van der Waals surface area (Å²) in [6, 6.07) is 14.3. The quantitative estimate of drug-likeness (QED) is 0.148. The van der Waals surface area contributed by atoms with Gasteiger partial charge < -0.3 is 20.8 Å². The first-order chi connectivity index (χ1) is 22.5. The van der Waals surface area contributed by atoms with E-state index in [9.17, 15) is 55.7 Å². The zero-order valence-corrected chi connectivity index (χ0v) is 23.9. The molecule has 0 spiro atoms. The molecule has 2 aliphatic heterocycles. The number of aromatic hydroxyl groups is 2. The Balaban J connectivity index is 1.29. The Morgan fingerprint density at radius 2 is 0.854 bits per heavy atom. The fourth-order valence-corrected chi connectivity index (χ4v) is 5.29. The van der Waals surface area contributed by atoms with Crippen molar-refractivity contribution in [3.8, 4) is 11.5 Å². The molecule has 2 aliphatic rings. The number of ketones is 2. The number of phenols is 2. The number of carbonyl (C=O) groups is 4. The average molecular weight is 665 g/mol. The summed E-state index contributed by atoms with van der Waals surface area (Å²) < 4.78 is 78.9. The number of nitrogens with one attached hydrogen (secondary N) is 2. The normalized spacial score (nSPS) is 14.6. The fraction of sp³-hybridized carbons (Fsp3) is 0.0588. The van der Waals surface area contributed by atoms with Crippen molar-refractivity contribution in [1.82, 2.24) is 10.6 Å². The summed E-state index contributed by atoms with van der Waals surface area (Å²) in [6.45, 7) is 0. The maximum atomic E-state index is 13.1. The van der Waals surface area contributed by atoms with Crippen LogP contribution in [0.5, 0.6) is 11.5 Å². The van der Waals surface area contributed by atoms with E-state index in [-0.39, 0.29) is 44.8 Å². The lowest BCUT2D eigenvalue weighted by molar-refractivity contribution is -0.138. The molecule has 0 aromatic heterocycles. The second-order valence-electron chi connectivity index (χ2n) is 10.7. The highest BCUT2D eigenvalue weighted by Gasteiger charge is 2.41. The van der Waals surface area contributed by atoms with Crippen LogP contribution in [0.15, 0.2) is 96.1 Å². The minimum absolute atomic E-state index is 0.0429. The van der Waals surface area contributed by atoms with Crippen molar-refractivity contribution >= 4 is 34.8 Å². The van der Waals surface area contributed by atoms with Gasteiger partial charge in [0.05, 0.1) is 44.8 Å². The monoisotopic (exact) mass is 664 g/mol. The van der Waals surface area contributed by atoms with Crippen LogP contribution in [-0.4, -0.2) is 33.6 Å². The van der Waals surface area contributed by atoms with Crippen LogP contribution in [0, 0.1) is 0 Å². The standard InChI is InChI=1S/C34H18F6N2O6/c35-33(36,37)19-9-11-23(43)21(13-19)29(45)17-5-1-15(2-6-17)27-25-26(32(48)41-27)28(42-31(25)47)16-3-7-18(8-4-16)30(46)22-14-20(34(38,39)40)10-12-24(22)44/h1-14,43-44H,(H,41,48)(H,42,47). The highest BCUT2D eigenvalue weighted by Crippen LogP contribution is 2.39. The van der Waals surface area contributed by atoms with Gasteiger partial charge >= 0.3 is 12.4 Å². The van der Waals surface area contributed by atoms with E-state index in [1.807, 2.05) is 0 Å². The minimum Gasteiger partial charge on any atom is -0.507 e. The fourth-order valence-electron chi connectivity index (χ4n) is 5.29. The Bertz CT molecular complexity index is 1980. The Morgan fingerprint density at radius 3 is 1.17 bits per heavy atom. The Labute approximate surface area is 265 Å². The predicted molar refractivity (Wildman–Crippen MR) is 156 cm³/mol. The van der Waals surface area contributed by atoms with Crippen molar-refractivity contribution in [2.24, 2.45) is 0 Å². The first kappa shape index (κ1) is 31.8. The smallest absolute Gasteiger partial charge is 0.416 e. The highest BCUT2D eigenvalue weighted by atomic mass is 19.4. The van der Waals surface area contributed by atoms with Crippen molar-refractivity contribution in [2.75, 3.05) is 0 Å². The number of halogens is 6. The topological polar surface area (TPSA) is 133 Å². The lowest BCUT2D eigenvalue weighted by Crippen LogP contribution is -2.21. The summed E-state index contributed by atoms with van der Waals surface area (Å²) in [6.07, 6.45) is -9.49. The Kier molecular flexibility index (Phi) is 7.46. The van der Waals surface area contributed by atoms with Crippen LogP contribution >= 0.6 is 0 Å². The molecule has 0 atom stereocenters. The molecule has 0 saturated heterocycles. The molecule has 0 bridgehead atoms. The van der Waals surface area contributed by atoms with Gasteiger partial charge in [-0.2, -0.15) is 26.3 Å². The zero-order valence-electron chi connectivity index (χ0n) is 23.9. The van der Waals surface area contributed by atoms with Gasteiger partial charge in [-0.15, -0.1) is 0 Å². The molecule has 4 N–H and O–H groups in total. The van der Waals surface area contributed by atoms with Gasteiger partial charge in [0.15, 0.2) is 11.6 Å². The van der Waals surface area contributed by atoms with Gasteiger partial charge in [-0.1, -0.05) is 48.5 Å². The third-order valence-corrected chi connectivity index (χ3v) is 7.69. The summed E-state index contributed by atoms with van der Waals surface area (Å²) in [5, 5.41) is 25.2. The van der Waals surface area contributed by atoms with E-state index in [0.717, 1.165) is 12.1 Å². The molecule has 0 saturated carbocycles. The Hall–Kier alpha value is -6.18. The van der Waals surface area contributed by atoms with Crippen LogP contribution in [0.4, 0.5) is 26.3 Å². The number of alkyl halides is 6. The number of hydrogen-bond donors (Lipinski definition) is 4. The predicted octanol–water partition coefficient (Wildman–Crippen LogP) is 5.98. The molecule has 8 nitrogen and oxygen atoms in total. The summed E-state index contributed by atoms with van der Waals surface area (Å²) in [4.78, 5) is 51.9. The zero-order chi connectivity index (χ0) is 34.7. The van der Waals surface area contributed by atoms with E-state index >= 15 is 0 Å². The van der Waals surface area contributed by atoms with Gasteiger partial charge in [0.25, 0.3) is 11.8 Å². The van der Waals surface area contributed by atoms with E-state index in [4.69, 9.17) is 0 Å². The molecule has 0 fully saturated rings. The third kappa shape index (κ3) is 5.57. The highest BCUT2D eigenvalue weighted by molar-refractivity contribution is 6.30. The SMILES string of the molecule is O=C1NC(c2ccc(C(=O)c3cc(C(F)(F)F)ccc3O)cc2)=C2C(=O)NC(c3ccc(C(=O)c4cc(C(F)(F)F)ccc4O)cc3)=C12. The molecule has 48 heavy (non-hydrogen) atoms. The third-order valence-electron chi connectivity index (χ3n) is 7.69. The number of hydrogen-bond acceptors (Lipinski definition) is 6. The molecule has 14 heteroatoms. The number of phenolic OH excluding ortho intramolecular Hbond substituents is 2. The minimum atomic E-state index is -4.75. The van der Waals surface area contributed by atoms with Gasteiger partial charge in [0, 0.05) is 11.1 Å². The molecule has 6 rings (SSSR count). The summed E-state index contributed by atoms with van der Waals surface area (Å²) >= 11 is 0. The van der Waals surface area contributed by atoms with Crippen molar-refractivity contribution in [3.63, 3.8) is 0 Å². The van der Waals surface area contributed by atoms with Crippen LogP contribution in [0.3, 0.4) is 0 Å². The van der Waals surface area contributed by atoms with Crippen LogP contribution in [-0.2, 0) is 21.9 Å². The van der Waals surface area contributed by atoms with Gasteiger partial charge in [-0.05, 0) is 47.5 Å². The number of benzene rings is 4. The van der Waals surface area contributed by atoms with Gasteiger partial charge in [0.2, 0.25) is 0 Å². The number of carbonyl (C=O) groups excluding carboxylic acids is 4. The molecule has 2 heterocycles. The molecular formula is C34H18F6N2O6. The molecule has 242 valence electrons.